The van der Waals surface area contributed by atoms with Crippen LogP contribution >= 0.6 is 0 Å². The topological polar surface area (TPSA) is 40.8 Å². The summed E-state index contributed by atoms with van der Waals surface area (Å²) in [6.45, 7) is 2.40. The minimum Gasteiger partial charge on any atom is -0.491 e. The van der Waals surface area contributed by atoms with Crippen molar-refractivity contribution in [3.63, 3.8) is 0 Å². The van der Waals surface area contributed by atoms with Gasteiger partial charge in [0.1, 0.15) is 12.4 Å². The van der Waals surface area contributed by atoms with E-state index in [1.807, 2.05) is 48.5 Å². The first kappa shape index (κ1) is 13.6. The molecule has 0 atom stereocenters. The zero-order chi connectivity index (χ0) is 14.7. The number of hydrogen-bond acceptors (Lipinski definition) is 2. The van der Waals surface area contributed by atoms with Crippen LogP contribution in [0.25, 0.3) is 22.3 Å². The Morgan fingerprint density at radius 3 is 2.57 bits per heavy atom. The predicted octanol–water partition coefficient (Wildman–Crippen LogP) is 4.06. The van der Waals surface area contributed by atoms with Gasteiger partial charge in [0.25, 0.3) is 0 Å². The lowest BCUT2D eigenvalue weighted by Crippen LogP contribution is -2.01. The van der Waals surface area contributed by atoms with Crippen LogP contribution in [0.1, 0.15) is 5.56 Å². The third-order valence-corrected chi connectivity index (χ3v) is 3.38. The molecule has 0 saturated carbocycles. The van der Waals surface area contributed by atoms with Crippen molar-refractivity contribution in [2.45, 2.75) is 6.92 Å². The van der Waals surface area contributed by atoms with Crippen LogP contribution < -0.4 is 4.74 Å². The molecule has 0 amide bonds. The maximum atomic E-state index is 8.75. The molecule has 0 aliphatic rings. The second-order valence-corrected chi connectivity index (χ2v) is 4.89. The van der Waals surface area contributed by atoms with Crippen LogP contribution in [0.3, 0.4) is 0 Å². The highest BCUT2D eigenvalue weighted by Crippen LogP contribution is 2.28. The van der Waals surface area contributed by atoms with Crippen molar-refractivity contribution >= 4 is 11.0 Å². The molecule has 3 rings (SSSR count). The van der Waals surface area contributed by atoms with E-state index in [0.717, 1.165) is 28.0 Å². The molecule has 3 nitrogen and oxygen atoms in total. The van der Waals surface area contributed by atoms with Gasteiger partial charge < -0.3 is 9.84 Å². The Bertz CT molecular complexity index is 748. The molecule has 0 radical (unpaired) electrons. The Hall–Kier alpha value is -2.39. The molecule has 21 heavy (non-hydrogen) atoms. The Morgan fingerprint density at radius 1 is 1.05 bits per heavy atom. The second-order valence-electron chi connectivity index (χ2n) is 4.89. The number of benzene rings is 2. The van der Waals surface area contributed by atoms with Crippen LogP contribution in [0.2, 0.25) is 0 Å². The summed E-state index contributed by atoms with van der Waals surface area (Å²) in [5.41, 5.74) is 3.07. The Morgan fingerprint density at radius 2 is 1.81 bits per heavy atom. The number of fused-ring (bicyclic) bond motifs is 1. The summed E-state index contributed by atoms with van der Waals surface area (Å²) in [6, 6.07) is 17.7. The van der Waals surface area contributed by atoms with Gasteiger partial charge in [0.15, 0.2) is 0 Å². The van der Waals surface area contributed by atoms with Gasteiger partial charge in [-0.25, -0.2) is 4.42 Å². The summed E-state index contributed by atoms with van der Waals surface area (Å²) >= 11 is 0. The van der Waals surface area contributed by atoms with Gasteiger partial charge in [0, 0.05) is 12.1 Å². The standard InChI is InChI=1S/C18H17O3/c1-13-12-18(21-17-5-3-2-4-16(13)17)14-6-8-15(9-7-14)20-11-10-19/h2-9,12,19H,10-11H2,1H3/q+1. The van der Waals surface area contributed by atoms with Crippen LogP contribution in [0, 0.1) is 6.92 Å². The van der Waals surface area contributed by atoms with E-state index in [0.29, 0.717) is 6.61 Å². The van der Waals surface area contributed by atoms with Crippen LogP contribution in [0.15, 0.2) is 59.0 Å². The number of aryl methyl sites for hydroxylation is 1. The smallest absolute Gasteiger partial charge is 0.361 e. The van der Waals surface area contributed by atoms with Gasteiger partial charge in [-0.3, -0.25) is 0 Å². The summed E-state index contributed by atoms with van der Waals surface area (Å²) in [4.78, 5) is 0. The molecule has 0 fully saturated rings. The van der Waals surface area contributed by atoms with Crippen molar-refractivity contribution in [2.24, 2.45) is 0 Å². The molecule has 1 heterocycles. The van der Waals surface area contributed by atoms with Crippen LogP contribution in [0.4, 0.5) is 0 Å². The molecule has 0 aliphatic heterocycles. The molecule has 2 aromatic carbocycles. The summed E-state index contributed by atoms with van der Waals surface area (Å²) in [5, 5.41) is 9.88. The maximum absolute atomic E-state index is 8.75. The third-order valence-electron chi connectivity index (χ3n) is 3.38. The first-order valence-electron chi connectivity index (χ1n) is 6.94. The van der Waals surface area contributed by atoms with E-state index in [-0.39, 0.29) is 6.61 Å². The Labute approximate surface area is 123 Å². The second kappa shape index (κ2) is 5.94. The minimum atomic E-state index is 0.0148. The summed E-state index contributed by atoms with van der Waals surface area (Å²) in [5.74, 6) is 1.57. The van der Waals surface area contributed by atoms with E-state index >= 15 is 0 Å². The predicted molar refractivity (Wildman–Crippen MR) is 83.4 cm³/mol. The summed E-state index contributed by atoms with van der Waals surface area (Å²) < 4.78 is 11.3. The first-order chi connectivity index (χ1) is 10.3. The van der Waals surface area contributed by atoms with Crippen LogP contribution in [-0.4, -0.2) is 18.3 Å². The fraction of sp³-hybridized carbons (Fsp3) is 0.167. The SMILES string of the molecule is Cc1cc(-c2ccc(OCCO)cc2)[o+]c2ccccc12. The zero-order valence-corrected chi connectivity index (χ0v) is 11.9. The highest BCUT2D eigenvalue weighted by Gasteiger charge is 2.16. The molecule has 0 bridgehead atoms. The van der Waals surface area contributed by atoms with E-state index in [1.54, 1.807) is 0 Å². The quantitative estimate of drug-likeness (QED) is 0.733. The molecule has 1 N–H and O–H groups in total. The first-order valence-corrected chi connectivity index (χ1v) is 6.94. The highest BCUT2D eigenvalue weighted by atomic mass is 16.5. The molecule has 0 saturated heterocycles. The molecule has 3 aromatic rings. The lowest BCUT2D eigenvalue weighted by molar-refractivity contribution is 0.201. The van der Waals surface area contributed by atoms with Gasteiger partial charge in [0.2, 0.25) is 0 Å². The van der Waals surface area contributed by atoms with E-state index in [1.165, 1.54) is 5.56 Å². The van der Waals surface area contributed by atoms with E-state index in [2.05, 4.69) is 13.0 Å². The van der Waals surface area contributed by atoms with Crippen molar-refractivity contribution < 1.29 is 14.3 Å². The molecule has 1 aromatic heterocycles. The van der Waals surface area contributed by atoms with Crippen molar-refractivity contribution in [3.8, 4) is 17.1 Å². The van der Waals surface area contributed by atoms with Crippen molar-refractivity contribution in [1.82, 2.24) is 0 Å². The number of ether oxygens (including phenoxy) is 1. The number of para-hydroxylation sites is 1. The van der Waals surface area contributed by atoms with Crippen LogP contribution in [0.5, 0.6) is 5.75 Å². The lowest BCUT2D eigenvalue weighted by atomic mass is 10.1. The van der Waals surface area contributed by atoms with Gasteiger partial charge >= 0.3 is 11.3 Å². The Kier molecular flexibility index (Phi) is 3.84. The molecule has 0 spiro atoms. The number of aliphatic hydroxyl groups excluding tert-OH is 1. The van der Waals surface area contributed by atoms with Crippen molar-refractivity contribution in [3.05, 3.63) is 60.2 Å². The van der Waals surface area contributed by atoms with Gasteiger partial charge in [-0.15, -0.1) is 0 Å². The molecule has 106 valence electrons. The molecular formula is C18H17O3+. The average molecular weight is 281 g/mol. The summed E-state index contributed by atoms with van der Waals surface area (Å²) in [6.07, 6.45) is 0. The summed E-state index contributed by atoms with van der Waals surface area (Å²) in [7, 11) is 0. The largest absolute Gasteiger partial charge is 0.491 e. The average Bonchev–Trinajstić information content (AvgIpc) is 2.53. The van der Waals surface area contributed by atoms with Crippen molar-refractivity contribution in [1.29, 1.82) is 0 Å². The number of rotatable bonds is 4. The van der Waals surface area contributed by atoms with Crippen LogP contribution in [-0.2, 0) is 0 Å². The normalized spacial score (nSPS) is 10.8. The molecule has 3 heteroatoms. The van der Waals surface area contributed by atoms with Gasteiger partial charge in [-0.1, -0.05) is 12.1 Å². The van der Waals surface area contributed by atoms with Gasteiger partial charge in [0.05, 0.1) is 17.6 Å². The number of aliphatic hydroxyl groups is 1. The monoisotopic (exact) mass is 281 g/mol. The van der Waals surface area contributed by atoms with Crippen molar-refractivity contribution in [2.75, 3.05) is 13.2 Å². The molecule has 0 aliphatic carbocycles. The maximum Gasteiger partial charge on any atom is 0.361 e. The highest BCUT2D eigenvalue weighted by molar-refractivity contribution is 5.82. The van der Waals surface area contributed by atoms with E-state index in [9.17, 15) is 0 Å². The van der Waals surface area contributed by atoms with E-state index < -0.39 is 0 Å². The Balaban J connectivity index is 1.96. The number of hydrogen-bond donors (Lipinski definition) is 1. The minimum absolute atomic E-state index is 0.0148. The van der Waals surface area contributed by atoms with Gasteiger partial charge in [-0.05, 0) is 42.8 Å². The fourth-order valence-electron chi connectivity index (χ4n) is 2.32. The molecule has 0 unspecified atom stereocenters. The van der Waals surface area contributed by atoms with Gasteiger partial charge in [-0.2, -0.15) is 0 Å². The lowest BCUT2D eigenvalue weighted by Gasteiger charge is -2.03. The molecular weight excluding hydrogens is 264 g/mol. The van der Waals surface area contributed by atoms with E-state index in [4.69, 9.17) is 14.3 Å². The zero-order valence-electron chi connectivity index (χ0n) is 11.9. The third kappa shape index (κ3) is 2.88. The fourth-order valence-corrected chi connectivity index (χ4v) is 2.32.